The molecule has 5 nitrogen and oxygen atoms in total. The molecule has 0 radical (unpaired) electrons. The monoisotopic (exact) mass is 335 g/mol. The Morgan fingerprint density at radius 3 is 2.60 bits per heavy atom. The van der Waals surface area contributed by atoms with Crippen LogP contribution in [-0.2, 0) is 4.79 Å². The number of nitrogens with zero attached hydrogens (tertiary/aromatic N) is 3. The zero-order valence-corrected chi connectivity index (χ0v) is 12.5. The molecular weight excluding hydrogens is 322 g/mol. The first-order valence-corrected chi connectivity index (χ1v) is 6.89. The SMILES string of the molecule is CN(CCC(=O)O)c1ccc(-c2ccccc2Br)nn1. The lowest BCUT2D eigenvalue weighted by atomic mass is 10.1. The molecule has 104 valence electrons. The van der Waals surface area contributed by atoms with E-state index in [0.29, 0.717) is 12.4 Å². The fourth-order valence-corrected chi connectivity index (χ4v) is 2.21. The van der Waals surface area contributed by atoms with Crippen molar-refractivity contribution in [3.8, 4) is 11.3 Å². The summed E-state index contributed by atoms with van der Waals surface area (Å²) in [4.78, 5) is 12.3. The number of aliphatic carboxylic acids is 1. The van der Waals surface area contributed by atoms with Crippen LogP contribution >= 0.6 is 15.9 Å². The van der Waals surface area contributed by atoms with Crippen LogP contribution in [0.3, 0.4) is 0 Å². The van der Waals surface area contributed by atoms with Gasteiger partial charge < -0.3 is 10.0 Å². The number of carboxylic acid groups (broad SMARTS) is 1. The standard InChI is InChI=1S/C14H14BrN3O2/c1-18(9-8-14(19)20)13-7-6-12(16-17-13)10-4-2-3-5-11(10)15/h2-7H,8-9H2,1H3,(H,19,20). The summed E-state index contributed by atoms with van der Waals surface area (Å²) in [5, 5.41) is 17.0. The maximum atomic E-state index is 10.5. The van der Waals surface area contributed by atoms with Gasteiger partial charge in [-0.05, 0) is 18.2 Å². The largest absolute Gasteiger partial charge is 0.481 e. The summed E-state index contributed by atoms with van der Waals surface area (Å²) in [6, 6.07) is 11.5. The van der Waals surface area contributed by atoms with Gasteiger partial charge in [-0.3, -0.25) is 4.79 Å². The molecule has 2 aromatic rings. The van der Waals surface area contributed by atoms with Gasteiger partial charge in [0.05, 0.1) is 12.1 Å². The summed E-state index contributed by atoms with van der Waals surface area (Å²) in [7, 11) is 1.80. The van der Waals surface area contributed by atoms with Crippen LogP contribution in [0.15, 0.2) is 40.9 Å². The second-order valence-corrected chi connectivity index (χ2v) is 5.18. The molecule has 1 aromatic carbocycles. The van der Waals surface area contributed by atoms with Gasteiger partial charge in [0, 0.05) is 23.6 Å². The maximum Gasteiger partial charge on any atom is 0.305 e. The minimum Gasteiger partial charge on any atom is -0.481 e. The summed E-state index contributed by atoms with van der Waals surface area (Å²) >= 11 is 3.48. The molecule has 20 heavy (non-hydrogen) atoms. The van der Waals surface area contributed by atoms with Gasteiger partial charge in [-0.2, -0.15) is 0 Å². The molecule has 1 aromatic heterocycles. The molecule has 0 aliphatic rings. The second-order valence-electron chi connectivity index (χ2n) is 4.32. The van der Waals surface area contributed by atoms with Crippen LogP contribution in [0, 0.1) is 0 Å². The number of carboxylic acids is 1. The third-order valence-electron chi connectivity index (χ3n) is 2.85. The number of halogens is 1. The Hall–Kier alpha value is -1.95. The lowest BCUT2D eigenvalue weighted by molar-refractivity contribution is -0.136. The molecular formula is C14H14BrN3O2. The number of aromatic nitrogens is 2. The van der Waals surface area contributed by atoms with Crippen LogP contribution in [0.2, 0.25) is 0 Å². The molecule has 0 atom stereocenters. The third kappa shape index (κ3) is 3.54. The maximum absolute atomic E-state index is 10.5. The molecule has 1 heterocycles. The molecule has 6 heteroatoms. The van der Waals surface area contributed by atoms with E-state index >= 15 is 0 Å². The van der Waals surface area contributed by atoms with Crippen LogP contribution < -0.4 is 4.90 Å². The highest BCUT2D eigenvalue weighted by atomic mass is 79.9. The minimum atomic E-state index is -0.824. The van der Waals surface area contributed by atoms with Gasteiger partial charge in [0.25, 0.3) is 0 Å². The van der Waals surface area contributed by atoms with Crippen molar-refractivity contribution in [2.75, 3.05) is 18.5 Å². The summed E-state index contributed by atoms with van der Waals surface area (Å²) in [5.41, 5.74) is 1.74. The highest BCUT2D eigenvalue weighted by Crippen LogP contribution is 2.26. The number of carbonyl (C=O) groups is 1. The lowest BCUT2D eigenvalue weighted by Gasteiger charge is -2.16. The van der Waals surface area contributed by atoms with Crippen molar-refractivity contribution in [1.82, 2.24) is 10.2 Å². The van der Waals surface area contributed by atoms with Gasteiger partial charge in [0.2, 0.25) is 0 Å². The number of rotatable bonds is 5. The predicted molar refractivity (Wildman–Crippen MR) is 80.7 cm³/mol. The molecule has 0 fully saturated rings. The molecule has 0 unspecified atom stereocenters. The van der Waals surface area contributed by atoms with E-state index in [1.165, 1.54) is 0 Å². The number of anilines is 1. The normalized spacial score (nSPS) is 10.3. The van der Waals surface area contributed by atoms with Crippen LogP contribution in [0.5, 0.6) is 0 Å². The second kappa shape index (κ2) is 6.47. The predicted octanol–water partition coefficient (Wildman–Crippen LogP) is 2.82. The fourth-order valence-electron chi connectivity index (χ4n) is 1.72. The van der Waals surface area contributed by atoms with E-state index < -0.39 is 5.97 Å². The quantitative estimate of drug-likeness (QED) is 0.909. The average Bonchev–Trinajstić information content (AvgIpc) is 2.45. The van der Waals surface area contributed by atoms with Crippen molar-refractivity contribution in [3.63, 3.8) is 0 Å². The van der Waals surface area contributed by atoms with Crippen LogP contribution in [-0.4, -0.2) is 34.9 Å². The van der Waals surface area contributed by atoms with Gasteiger partial charge in [0.1, 0.15) is 0 Å². The molecule has 0 aliphatic carbocycles. The van der Waals surface area contributed by atoms with Gasteiger partial charge >= 0.3 is 5.97 Å². The van der Waals surface area contributed by atoms with Crippen LogP contribution in [0.25, 0.3) is 11.3 Å². The van der Waals surface area contributed by atoms with Gasteiger partial charge in [0.15, 0.2) is 5.82 Å². The van der Waals surface area contributed by atoms with E-state index in [0.717, 1.165) is 15.7 Å². The van der Waals surface area contributed by atoms with Crippen molar-refractivity contribution in [3.05, 3.63) is 40.9 Å². The van der Waals surface area contributed by atoms with Crippen molar-refractivity contribution in [1.29, 1.82) is 0 Å². The molecule has 0 saturated carbocycles. The van der Waals surface area contributed by atoms with Crippen molar-refractivity contribution in [2.45, 2.75) is 6.42 Å². The summed E-state index contributed by atoms with van der Waals surface area (Å²) in [5.74, 6) is -0.170. The summed E-state index contributed by atoms with van der Waals surface area (Å²) in [6.07, 6.45) is 0.0736. The smallest absolute Gasteiger partial charge is 0.305 e. The topological polar surface area (TPSA) is 66.3 Å². The molecule has 0 bridgehead atoms. The molecule has 1 N–H and O–H groups in total. The van der Waals surface area contributed by atoms with E-state index in [2.05, 4.69) is 26.1 Å². The average molecular weight is 336 g/mol. The zero-order valence-electron chi connectivity index (χ0n) is 11.0. The highest BCUT2D eigenvalue weighted by Gasteiger charge is 2.08. The molecule has 0 amide bonds. The van der Waals surface area contributed by atoms with Crippen LogP contribution in [0.4, 0.5) is 5.82 Å². The zero-order chi connectivity index (χ0) is 14.5. The highest BCUT2D eigenvalue weighted by molar-refractivity contribution is 9.10. The van der Waals surface area contributed by atoms with E-state index in [9.17, 15) is 4.79 Å². The van der Waals surface area contributed by atoms with E-state index in [4.69, 9.17) is 5.11 Å². The fraction of sp³-hybridized carbons (Fsp3) is 0.214. The van der Waals surface area contributed by atoms with Crippen molar-refractivity contribution < 1.29 is 9.90 Å². The number of hydrogen-bond acceptors (Lipinski definition) is 4. The van der Waals surface area contributed by atoms with Gasteiger partial charge in [-0.25, -0.2) is 0 Å². The number of benzene rings is 1. The first kappa shape index (κ1) is 14.5. The Morgan fingerprint density at radius 1 is 1.25 bits per heavy atom. The Bertz CT molecular complexity index is 602. The Kier molecular flexibility index (Phi) is 4.68. The van der Waals surface area contributed by atoms with Gasteiger partial charge in [-0.15, -0.1) is 10.2 Å². The van der Waals surface area contributed by atoms with Crippen molar-refractivity contribution >= 4 is 27.7 Å². The lowest BCUT2D eigenvalue weighted by Crippen LogP contribution is -2.22. The summed E-state index contributed by atoms with van der Waals surface area (Å²) < 4.78 is 0.960. The Morgan fingerprint density at radius 2 is 2.00 bits per heavy atom. The first-order chi connectivity index (χ1) is 9.58. The molecule has 0 spiro atoms. The van der Waals surface area contributed by atoms with E-state index in [-0.39, 0.29) is 6.42 Å². The first-order valence-electron chi connectivity index (χ1n) is 6.09. The van der Waals surface area contributed by atoms with Gasteiger partial charge in [-0.1, -0.05) is 34.1 Å². The summed E-state index contributed by atoms with van der Waals surface area (Å²) in [6.45, 7) is 0.401. The van der Waals surface area contributed by atoms with Crippen molar-refractivity contribution in [2.24, 2.45) is 0 Å². The Balaban J connectivity index is 2.14. The van der Waals surface area contributed by atoms with Crippen LogP contribution in [0.1, 0.15) is 6.42 Å². The van der Waals surface area contributed by atoms with E-state index in [1.807, 2.05) is 36.4 Å². The number of hydrogen-bond donors (Lipinski definition) is 1. The Labute approximate surface area is 125 Å². The molecule has 0 aliphatic heterocycles. The minimum absolute atomic E-state index is 0.0736. The third-order valence-corrected chi connectivity index (χ3v) is 3.54. The molecule has 2 rings (SSSR count). The molecule has 0 saturated heterocycles. The van der Waals surface area contributed by atoms with E-state index in [1.54, 1.807) is 11.9 Å².